The van der Waals surface area contributed by atoms with E-state index in [1.165, 1.54) is 12.8 Å². The van der Waals surface area contributed by atoms with Crippen molar-refractivity contribution in [3.63, 3.8) is 0 Å². The lowest BCUT2D eigenvalue weighted by molar-refractivity contribution is -0.155. The molecule has 5 nitrogen and oxygen atoms in total. The summed E-state index contributed by atoms with van der Waals surface area (Å²) in [6.45, 7) is 6.37. The summed E-state index contributed by atoms with van der Waals surface area (Å²) in [6.07, 6.45) is 7.75. The van der Waals surface area contributed by atoms with Crippen LogP contribution in [0.2, 0.25) is 0 Å². The Morgan fingerprint density at radius 3 is 2.47 bits per heavy atom. The van der Waals surface area contributed by atoms with Crippen LogP contribution in [-0.2, 0) is 27.2 Å². The molecule has 30 heavy (non-hydrogen) atoms. The molecule has 0 spiro atoms. The smallest absolute Gasteiger partial charge is 0.306 e. The number of thiophene rings is 1. The minimum Gasteiger partial charge on any atom is -0.460 e. The lowest BCUT2D eigenvalue weighted by Gasteiger charge is -2.25. The van der Waals surface area contributed by atoms with Crippen LogP contribution < -0.4 is 5.32 Å². The molecule has 4 rings (SSSR count). The van der Waals surface area contributed by atoms with Crippen molar-refractivity contribution in [3.05, 3.63) is 20.9 Å². The van der Waals surface area contributed by atoms with Crippen LogP contribution >= 0.6 is 11.3 Å². The van der Waals surface area contributed by atoms with Crippen LogP contribution in [0.3, 0.4) is 0 Å². The first kappa shape index (κ1) is 21.5. The van der Waals surface area contributed by atoms with Gasteiger partial charge in [0.25, 0.3) is 5.91 Å². The Morgan fingerprint density at radius 2 is 1.83 bits per heavy atom. The van der Waals surface area contributed by atoms with Gasteiger partial charge >= 0.3 is 5.97 Å². The molecule has 0 aromatic carbocycles. The van der Waals surface area contributed by atoms with Crippen molar-refractivity contribution >= 4 is 29.0 Å². The Labute approximate surface area is 183 Å². The van der Waals surface area contributed by atoms with E-state index in [1.54, 1.807) is 11.3 Å². The fourth-order valence-corrected chi connectivity index (χ4v) is 5.79. The standard InChI is InChI=1S/C24H33NO4S/c1-24(2,3)29-20(27)11-16-5-4-6-17-21(23(28)25-13-14-7-8-14)19(30-22(16)17)12-18(26)15-9-10-15/h14-16H,4-13H2,1-3H3,(H,25,28). The highest BCUT2D eigenvalue weighted by Gasteiger charge is 2.35. The van der Waals surface area contributed by atoms with E-state index in [2.05, 4.69) is 5.32 Å². The number of Topliss-reactive ketones (excluding diaryl/α,β-unsaturated/α-hetero) is 1. The van der Waals surface area contributed by atoms with Gasteiger partial charge in [0.15, 0.2) is 0 Å². The zero-order valence-corrected chi connectivity index (χ0v) is 19.2. The van der Waals surface area contributed by atoms with E-state index in [0.29, 0.717) is 18.8 Å². The zero-order chi connectivity index (χ0) is 21.5. The molecule has 0 saturated heterocycles. The lowest BCUT2D eigenvalue weighted by atomic mass is 9.84. The first-order valence-corrected chi connectivity index (χ1v) is 12.2. The monoisotopic (exact) mass is 431 g/mol. The Balaban J connectivity index is 1.57. The van der Waals surface area contributed by atoms with Gasteiger partial charge < -0.3 is 10.1 Å². The predicted molar refractivity (Wildman–Crippen MR) is 117 cm³/mol. The first-order chi connectivity index (χ1) is 14.2. The zero-order valence-electron chi connectivity index (χ0n) is 18.3. The van der Waals surface area contributed by atoms with Gasteiger partial charge in [0.05, 0.1) is 12.0 Å². The number of hydrogen-bond donors (Lipinski definition) is 1. The molecular formula is C24H33NO4S. The summed E-state index contributed by atoms with van der Waals surface area (Å²) in [4.78, 5) is 40.2. The minimum atomic E-state index is -0.500. The molecule has 0 aliphatic heterocycles. The van der Waals surface area contributed by atoms with Crippen molar-refractivity contribution in [2.45, 2.75) is 90.1 Å². The third kappa shape index (κ3) is 5.32. The number of ether oxygens (including phenoxy) is 1. The van der Waals surface area contributed by atoms with Gasteiger partial charge in [0.1, 0.15) is 11.4 Å². The number of hydrogen-bond acceptors (Lipinski definition) is 5. The Kier molecular flexibility index (Phi) is 6.06. The van der Waals surface area contributed by atoms with E-state index in [1.807, 2.05) is 20.8 Å². The molecule has 1 unspecified atom stereocenters. The summed E-state index contributed by atoms with van der Waals surface area (Å²) in [6, 6.07) is 0. The van der Waals surface area contributed by atoms with Crippen LogP contribution in [0.4, 0.5) is 0 Å². The second-order valence-corrected chi connectivity index (χ2v) is 11.3. The molecule has 0 bridgehead atoms. The van der Waals surface area contributed by atoms with Crippen LogP contribution in [0.25, 0.3) is 0 Å². The summed E-state index contributed by atoms with van der Waals surface area (Å²) in [5, 5.41) is 3.11. The predicted octanol–water partition coefficient (Wildman–Crippen LogP) is 4.56. The fourth-order valence-electron chi connectivity index (χ4n) is 4.29. The highest BCUT2D eigenvalue weighted by atomic mass is 32.1. The van der Waals surface area contributed by atoms with Crippen LogP contribution in [0.15, 0.2) is 0 Å². The van der Waals surface area contributed by atoms with Crippen LogP contribution in [0.5, 0.6) is 0 Å². The minimum absolute atomic E-state index is 0.0316. The van der Waals surface area contributed by atoms with Gasteiger partial charge in [-0.1, -0.05) is 0 Å². The molecule has 3 aliphatic rings. The maximum atomic E-state index is 13.1. The van der Waals surface area contributed by atoms with Gasteiger partial charge in [-0.2, -0.15) is 0 Å². The Hall–Kier alpha value is -1.69. The van der Waals surface area contributed by atoms with E-state index in [0.717, 1.165) is 59.5 Å². The van der Waals surface area contributed by atoms with Gasteiger partial charge in [-0.3, -0.25) is 14.4 Å². The summed E-state index contributed by atoms with van der Waals surface area (Å²) in [7, 11) is 0. The third-order valence-electron chi connectivity index (χ3n) is 6.14. The number of esters is 1. The van der Waals surface area contributed by atoms with Gasteiger partial charge in [0, 0.05) is 34.6 Å². The molecule has 1 atom stereocenters. The molecule has 6 heteroatoms. The van der Waals surface area contributed by atoms with Gasteiger partial charge in [-0.15, -0.1) is 11.3 Å². The molecule has 1 aromatic heterocycles. The number of carbonyl (C=O) groups is 3. The second-order valence-electron chi connectivity index (χ2n) is 10.2. The molecule has 1 amide bonds. The van der Waals surface area contributed by atoms with Crippen molar-refractivity contribution in [2.75, 3.05) is 6.54 Å². The molecule has 164 valence electrons. The van der Waals surface area contributed by atoms with Crippen LogP contribution in [0.1, 0.15) is 97.3 Å². The quantitative estimate of drug-likeness (QED) is 0.613. The molecular weight excluding hydrogens is 398 g/mol. The number of nitrogens with one attached hydrogen (secondary N) is 1. The van der Waals surface area contributed by atoms with E-state index in [-0.39, 0.29) is 29.5 Å². The average molecular weight is 432 g/mol. The van der Waals surface area contributed by atoms with Crippen LogP contribution in [-0.4, -0.2) is 29.8 Å². The highest BCUT2D eigenvalue weighted by molar-refractivity contribution is 7.12. The van der Waals surface area contributed by atoms with E-state index < -0.39 is 5.60 Å². The third-order valence-corrected chi connectivity index (χ3v) is 7.53. The highest BCUT2D eigenvalue weighted by Crippen LogP contribution is 2.44. The van der Waals surface area contributed by atoms with E-state index in [9.17, 15) is 14.4 Å². The van der Waals surface area contributed by atoms with E-state index >= 15 is 0 Å². The molecule has 1 N–H and O–H groups in total. The Bertz CT molecular complexity index is 842. The molecule has 2 saturated carbocycles. The number of rotatable bonds is 8. The number of carbonyl (C=O) groups excluding carboxylic acids is 3. The van der Waals surface area contributed by atoms with Gasteiger partial charge in [-0.25, -0.2) is 0 Å². The van der Waals surface area contributed by atoms with Crippen molar-refractivity contribution in [2.24, 2.45) is 11.8 Å². The summed E-state index contributed by atoms with van der Waals surface area (Å²) in [5.74, 6) is 0.908. The van der Waals surface area contributed by atoms with Crippen molar-refractivity contribution in [1.82, 2.24) is 5.32 Å². The van der Waals surface area contributed by atoms with Crippen molar-refractivity contribution in [1.29, 1.82) is 0 Å². The summed E-state index contributed by atoms with van der Waals surface area (Å²) in [5.41, 5.74) is 1.31. The fraction of sp³-hybridized carbons (Fsp3) is 0.708. The molecule has 0 radical (unpaired) electrons. The van der Waals surface area contributed by atoms with Gasteiger partial charge in [0.2, 0.25) is 0 Å². The average Bonchev–Trinajstić information content (AvgIpc) is 3.55. The van der Waals surface area contributed by atoms with Gasteiger partial charge in [-0.05, 0) is 77.2 Å². The van der Waals surface area contributed by atoms with Crippen molar-refractivity contribution in [3.8, 4) is 0 Å². The molecule has 1 heterocycles. The maximum absolute atomic E-state index is 13.1. The second kappa shape index (κ2) is 8.45. The number of ketones is 1. The number of amides is 1. The first-order valence-electron chi connectivity index (χ1n) is 11.4. The molecule has 3 aliphatic carbocycles. The van der Waals surface area contributed by atoms with Crippen LogP contribution in [0, 0.1) is 11.8 Å². The summed E-state index contributed by atoms with van der Waals surface area (Å²) >= 11 is 1.59. The SMILES string of the molecule is CC(C)(C)OC(=O)CC1CCCc2c1sc(CC(=O)C1CC1)c2C(=O)NCC1CC1. The summed E-state index contributed by atoms with van der Waals surface area (Å²) < 4.78 is 5.55. The number of fused-ring (bicyclic) bond motifs is 1. The molecule has 2 fully saturated rings. The topological polar surface area (TPSA) is 72.5 Å². The Morgan fingerprint density at radius 1 is 1.10 bits per heavy atom. The largest absolute Gasteiger partial charge is 0.460 e. The normalized spacial score (nSPS) is 21.1. The van der Waals surface area contributed by atoms with Crippen molar-refractivity contribution < 1.29 is 19.1 Å². The lowest BCUT2D eigenvalue weighted by Crippen LogP contribution is -2.28. The molecule has 1 aromatic rings. The maximum Gasteiger partial charge on any atom is 0.306 e. The van der Waals surface area contributed by atoms with E-state index in [4.69, 9.17) is 4.74 Å².